The summed E-state index contributed by atoms with van der Waals surface area (Å²) in [6.07, 6.45) is 1.89. The van der Waals surface area contributed by atoms with E-state index in [-0.39, 0.29) is 32.8 Å². The van der Waals surface area contributed by atoms with E-state index in [0.29, 0.717) is 17.7 Å². The van der Waals surface area contributed by atoms with E-state index in [1.54, 1.807) is 17.5 Å². The van der Waals surface area contributed by atoms with Crippen LogP contribution in [0.3, 0.4) is 0 Å². The van der Waals surface area contributed by atoms with Crippen molar-refractivity contribution in [3.8, 4) is 5.75 Å². The SMILES string of the molecule is C[C@@H]1CC[C@@H]2C(=O)N(N(CC(=O)c3ccc(OC(=O)c4cccs4)cc3)C(=O)c3ccc(Cl)c(Cl)c3)C(=O)[C@H]2C1. The second-order valence-electron chi connectivity index (χ2n) is 9.93. The fourth-order valence-electron chi connectivity index (χ4n) is 5.11. The lowest BCUT2D eigenvalue weighted by Gasteiger charge is -2.30. The van der Waals surface area contributed by atoms with Crippen LogP contribution in [0, 0.1) is 17.8 Å². The van der Waals surface area contributed by atoms with Gasteiger partial charge in [-0.15, -0.1) is 11.3 Å². The van der Waals surface area contributed by atoms with Crippen molar-refractivity contribution in [3.63, 3.8) is 0 Å². The highest BCUT2D eigenvalue weighted by Gasteiger charge is 2.52. The molecule has 11 heteroatoms. The average Bonchev–Trinajstić information content (AvgIpc) is 3.56. The zero-order valence-corrected chi connectivity index (χ0v) is 23.7. The number of imide groups is 1. The molecule has 0 spiro atoms. The van der Waals surface area contributed by atoms with Gasteiger partial charge in [0.05, 0.1) is 21.9 Å². The molecular weight excluding hydrogens is 575 g/mol. The van der Waals surface area contributed by atoms with E-state index in [9.17, 15) is 24.0 Å². The van der Waals surface area contributed by atoms with Gasteiger partial charge in [0.25, 0.3) is 17.7 Å². The number of hydrazine groups is 1. The Kier molecular flexibility index (Phi) is 8.07. The van der Waals surface area contributed by atoms with Gasteiger partial charge in [-0.25, -0.2) is 9.80 Å². The molecule has 1 aliphatic heterocycles. The molecule has 3 atom stereocenters. The molecule has 0 radical (unpaired) electrons. The van der Waals surface area contributed by atoms with E-state index in [2.05, 4.69) is 0 Å². The summed E-state index contributed by atoms with van der Waals surface area (Å²) in [5.74, 6) is -3.30. The topological polar surface area (TPSA) is 101 Å². The Morgan fingerprint density at radius 1 is 0.950 bits per heavy atom. The molecule has 2 aliphatic rings. The first-order valence-electron chi connectivity index (χ1n) is 12.7. The van der Waals surface area contributed by atoms with Gasteiger partial charge in [-0.05, 0) is 79.1 Å². The van der Waals surface area contributed by atoms with Gasteiger partial charge in [-0.1, -0.05) is 36.2 Å². The Morgan fingerprint density at radius 2 is 1.65 bits per heavy atom. The van der Waals surface area contributed by atoms with E-state index in [4.69, 9.17) is 27.9 Å². The molecule has 2 aromatic carbocycles. The lowest BCUT2D eigenvalue weighted by Crippen LogP contribution is -2.52. The van der Waals surface area contributed by atoms with Crippen LogP contribution in [0.25, 0.3) is 0 Å². The number of thiophene rings is 1. The van der Waals surface area contributed by atoms with E-state index >= 15 is 0 Å². The van der Waals surface area contributed by atoms with Crippen molar-refractivity contribution >= 4 is 64.0 Å². The predicted molar refractivity (Wildman–Crippen MR) is 149 cm³/mol. The molecule has 206 valence electrons. The standard InChI is InChI=1S/C29H24Cl2N2O6S/c1-16-4-10-20-21(13-16)28(37)33(27(20)36)32(26(35)18-7-11-22(30)23(31)14-18)15-24(34)17-5-8-19(9-6-17)39-29(38)25-3-2-12-40-25/h2-3,5-9,11-12,14,16,20-21H,4,10,13,15H2,1H3/t16-,20+,21+/m1/s1. The van der Waals surface area contributed by atoms with Crippen molar-refractivity contribution in [1.82, 2.24) is 10.0 Å². The number of halogens is 2. The Bertz CT molecular complexity index is 1490. The zero-order chi connectivity index (χ0) is 28.6. The zero-order valence-electron chi connectivity index (χ0n) is 21.3. The molecule has 3 aromatic rings. The summed E-state index contributed by atoms with van der Waals surface area (Å²) in [7, 11) is 0. The van der Waals surface area contributed by atoms with Crippen molar-refractivity contribution in [2.75, 3.05) is 6.54 Å². The number of carbonyl (C=O) groups is 5. The molecule has 40 heavy (non-hydrogen) atoms. The second kappa shape index (κ2) is 11.5. The summed E-state index contributed by atoms with van der Waals surface area (Å²) in [5, 5.41) is 3.85. The molecule has 0 bridgehead atoms. The van der Waals surface area contributed by atoms with Crippen LogP contribution < -0.4 is 4.74 Å². The smallest absolute Gasteiger partial charge is 0.353 e. The summed E-state index contributed by atoms with van der Waals surface area (Å²) in [5.41, 5.74) is 0.273. The number of ketones is 1. The first-order chi connectivity index (χ1) is 19.1. The highest BCUT2D eigenvalue weighted by atomic mass is 35.5. The largest absolute Gasteiger partial charge is 0.422 e. The summed E-state index contributed by atoms with van der Waals surface area (Å²) in [6.45, 7) is 1.46. The van der Waals surface area contributed by atoms with Gasteiger partial charge in [0.15, 0.2) is 5.78 Å². The van der Waals surface area contributed by atoms with Crippen molar-refractivity contribution in [2.45, 2.75) is 26.2 Å². The van der Waals surface area contributed by atoms with Crippen LogP contribution in [0.4, 0.5) is 0 Å². The van der Waals surface area contributed by atoms with E-state index < -0.39 is 47.9 Å². The maximum atomic E-state index is 13.7. The number of Topliss-reactive ketones (excluding diaryl/α,β-unsaturated/α-hetero) is 1. The van der Waals surface area contributed by atoms with Gasteiger partial charge >= 0.3 is 5.97 Å². The summed E-state index contributed by atoms with van der Waals surface area (Å²) in [6, 6.07) is 13.4. The number of hydrogen-bond donors (Lipinski definition) is 0. The van der Waals surface area contributed by atoms with Gasteiger partial charge in [-0.3, -0.25) is 19.2 Å². The quantitative estimate of drug-likeness (QED) is 0.144. The Balaban J connectivity index is 1.40. The van der Waals surface area contributed by atoms with Gasteiger partial charge in [0.2, 0.25) is 0 Å². The first-order valence-corrected chi connectivity index (χ1v) is 14.3. The normalized spacial score (nSPS) is 20.3. The number of amides is 3. The number of benzene rings is 2. The molecule has 5 rings (SSSR count). The van der Waals surface area contributed by atoms with E-state index in [0.717, 1.165) is 16.4 Å². The van der Waals surface area contributed by atoms with Gasteiger partial charge < -0.3 is 4.74 Å². The van der Waals surface area contributed by atoms with Crippen LogP contribution in [-0.4, -0.2) is 46.0 Å². The fourth-order valence-corrected chi connectivity index (χ4v) is 6.01. The fraction of sp³-hybridized carbons (Fsp3) is 0.276. The van der Waals surface area contributed by atoms with Gasteiger partial charge in [0.1, 0.15) is 17.2 Å². The molecule has 8 nitrogen and oxygen atoms in total. The minimum absolute atomic E-state index is 0.0712. The molecule has 1 aromatic heterocycles. The molecule has 1 saturated heterocycles. The highest BCUT2D eigenvalue weighted by molar-refractivity contribution is 7.12. The minimum Gasteiger partial charge on any atom is -0.422 e. The van der Waals surface area contributed by atoms with Crippen molar-refractivity contribution in [1.29, 1.82) is 0 Å². The third-order valence-corrected chi connectivity index (χ3v) is 8.80. The van der Waals surface area contributed by atoms with Gasteiger partial charge in [-0.2, -0.15) is 5.01 Å². The average molecular weight is 599 g/mol. The Labute approximate surface area is 244 Å². The first kappa shape index (κ1) is 28.0. The maximum Gasteiger partial charge on any atom is 0.353 e. The number of hydrogen-bond acceptors (Lipinski definition) is 7. The molecule has 3 amide bonds. The lowest BCUT2D eigenvalue weighted by atomic mass is 9.76. The van der Waals surface area contributed by atoms with Crippen LogP contribution in [0.15, 0.2) is 60.0 Å². The predicted octanol–water partition coefficient (Wildman–Crippen LogP) is 5.94. The van der Waals surface area contributed by atoms with Crippen LogP contribution in [-0.2, 0) is 9.59 Å². The number of fused-ring (bicyclic) bond motifs is 1. The van der Waals surface area contributed by atoms with Crippen LogP contribution in [0.5, 0.6) is 5.75 Å². The molecule has 1 aliphatic carbocycles. The maximum absolute atomic E-state index is 13.7. The Hall–Kier alpha value is -3.53. The number of nitrogens with zero attached hydrogens (tertiary/aromatic N) is 2. The highest BCUT2D eigenvalue weighted by Crippen LogP contribution is 2.41. The summed E-state index contributed by atoms with van der Waals surface area (Å²) >= 11 is 13.4. The summed E-state index contributed by atoms with van der Waals surface area (Å²) < 4.78 is 5.34. The number of rotatable bonds is 7. The van der Waals surface area contributed by atoms with E-state index in [1.165, 1.54) is 53.8 Å². The number of ether oxygens (including phenoxy) is 1. The Morgan fingerprint density at radius 3 is 2.33 bits per heavy atom. The molecule has 0 N–H and O–H groups in total. The lowest BCUT2D eigenvalue weighted by molar-refractivity contribution is -0.154. The van der Waals surface area contributed by atoms with E-state index in [1.807, 2.05) is 6.92 Å². The van der Waals surface area contributed by atoms with Crippen LogP contribution >= 0.6 is 34.5 Å². The van der Waals surface area contributed by atoms with Crippen molar-refractivity contribution in [3.05, 3.63) is 86.0 Å². The third-order valence-electron chi connectivity index (χ3n) is 7.21. The minimum atomic E-state index is -0.734. The van der Waals surface area contributed by atoms with Crippen LogP contribution in [0.2, 0.25) is 10.0 Å². The molecule has 2 heterocycles. The number of carbonyl (C=O) groups excluding carboxylic acids is 5. The molecule has 0 unspecified atom stereocenters. The molecule has 2 fully saturated rings. The van der Waals surface area contributed by atoms with Gasteiger partial charge in [0, 0.05) is 11.1 Å². The second-order valence-corrected chi connectivity index (χ2v) is 11.7. The van der Waals surface area contributed by atoms with Crippen LogP contribution in [0.1, 0.15) is 56.6 Å². The summed E-state index contributed by atoms with van der Waals surface area (Å²) in [4.78, 5) is 66.6. The molecule has 1 saturated carbocycles. The molecular formula is C29H24Cl2N2O6S. The number of esters is 1. The monoisotopic (exact) mass is 598 g/mol. The third kappa shape index (κ3) is 5.54. The van der Waals surface area contributed by atoms with Crippen molar-refractivity contribution in [2.24, 2.45) is 17.8 Å². The van der Waals surface area contributed by atoms with Crippen molar-refractivity contribution < 1.29 is 28.7 Å².